The van der Waals surface area contributed by atoms with Gasteiger partial charge in [-0.1, -0.05) is 12.1 Å². The average Bonchev–Trinajstić information content (AvgIpc) is 2.18. The normalized spacial score (nSPS) is 12.9. The van der Waals surface area contributed by atoms with Crippen molar-refractivity contribution >= 4 is 11.6 Å². The second-order valence-corrected chi connectivity index (χ2v) is 3.87. The van der Waals surface area contributed by atoms with Crippen molar-refractivity contribution in [1.82, 2.24) is 0 Å². The van der Waals surface area contributed by atoms with Gasteiger partial charge in [0.2, 0.25) is 0 Å². The third-order valence-electron chi connectivity index (χ3n) is 2.16. The Morgan fingerprint density at radius 3 is 2.79 bits per heavy atom. The van der Waals surface area contributed by atoms with Crippen molar-refractivity contribution in [2.75, 3.05) is 6.61 Å². The third-order valence-corrected chi connectivity index (χ3v) is 2.63. The van der Waals surface area contributed by atoms with Gasteiger partial charge in [0, 0.05) is 6.61 Å². The fourth-order valence-electron chi connectivity index (χ4n) is 1.30. The maximum Gasteiger partial charge on any atom is 0.126 e. The zero-order chi connectivity index (χ0) is 10.6. The molecule has 78 valence electrons. The molecule has 1 nitrogen and oxygen atoms in total. The molecule has 0 radical (unpaired) electrons. The number of aryl methyl sites for hydroxylation is 1. The molecule has 14 heavy (non-hydrogen) atoms. The molecule has 0 bridgehead atoms. The van der Waals surface area contributed by atoms with Crippen LogP contribution in [0.1, 0.15) is 29.3 Å². The van der Waals surface area contributed by atoms with Crippen LogP contribution in [0.5, 0.6) is 0 Å². The predicted molar refractivity (Wildman–Crippen MR) is 56.1 cm³/mol. The molecule has 3 heteroatoms. The predicted octanol–water partition coefficient (Wildman–Crippen LogP) is 3.19. The van der Waals surface area contributed by atoms with Crippen molar-refractivity contribution in [3.8, 4) is 0 Å². The van der Waals surface area contributed by atoms with E-state index in [4.69, 9.17) is 16.7 Å². The van der Waals surface area contributed by atoms with Crippen molar-refractivity contribution < 1.29 is 9.50 Å². The van der Waals surface area contributed by atoms with Crippen LogP contribution in [0.4, 0.5) is 4.39 Å². The lowest BCUT2D eigenvalue weighted by Gasteiger charge is -2.09. The minimum absolute atomic E-state index is 0.138. The molecule has 0 aliphatic carbocycles. The molecule has 0 amide bonds. The Hall–Kier alpha value is -0.600. The zero-order valence-electron chi connectivity index (χ0n) is 8.13. The highest BCUT2D eigenvalue weighted by Gasteiger charge is 2.08. The smallest absolute Gasteiger partial charge is 0.126 e. The number of aliphatic hydroxyl groups excluding tert-OH is 1. The van der Waals surface area contributed by atoms with Gasteiger partial charge in [-0.2, -0.15) is 0 Å². The van der Waals surface area contributed by atoms with Crippen LogP contribution in [-0.2, 0) is 0 Å². The first-order valence-electron chi connectivity index (χ1n) is 4.66. The summed E-state index contributed by atoms with van der Waals surface area (Å²) in [6, 6.07) is 4.88. The van der Waals surface area contributed by atoms with Crippen molar-refractivity contribution in [2.24, 2.45) is 0 Å². The molecule has 1 atom stereocenters. The summed E-state index contributed by atoms with van der Waals surface area (Å²) in [6.07, 6.45) is 1.38. The van der Waals surface area contributed by atoms with Gasteiger partial charge >= 0.3 is 0 Å². The molecule has 0 aliphatic heterocycles. The first kappa shape index (κ1) is 11.5. The Morgan fingerprint density at radius 1 is 1.50 bits per heavy atom. The molecular weight excluding hydrogens is 203 g/mol. The van der Waals surface area contributed by atoms with E-state index in [0.717, 1.165) is 5.56 Å². The van der Waals surface area contributed by atoms with Gasteiger partial charge in [-0.3, -0.25) is 0 Å². The van der Waals surface area contributed by atoms with E-state index >= 15 is 0 Å². The standard InChI is InChI=1S/C11H14ClFO/c1-8-7-9(4-5-11(8)13)10(12)3-2-6-14/h4-5,7,10,14H,2-3,6H2,1H3. The van der Waals surface area contributed by atoms with E-state index in [9.17, 15) is 4.39 Å². The Balaban J connectivity index is 2.70. The maximum absolute atomic E-state index is 12.9. The molecule has 0 aromatic heterocycles. The lowest BCUT2D eigenvalue weighted by molar-refractivity contribution is 0.284. The number of aliphatic hydroxyl groups is 1. The molecule has 0 heterocycles. The van der Waals surface area contributed by atoms with Gasteiger partial charge in [-0.25, -0.2) is 4.39 Å². The highest BCUT2D eigenvalue weighted by atomic mass is 35.5. The number of hydrogen-bond donors (Lipinski definition) is 1. The van der Waals surface area contributed by atoms with Crippen LogP contribution in [0, 0.1) is 12.7 Å². The number of hydrogen-bond acceptors (Lipinski definition) is 1. The summed E-state index contributed by atoms with van der Waals surface area (Å²) >= 11 is 6.08. The molecule has 0 spiro atoms. The Kier molecular flexibility index (Phi) is 4.36. The zero-order valence-corrected chi connectivity index (χ0v) is 8.89. The van der Waals surface area contributed by atoms with Crippen molar-refractivity contribution in [2.45, 2.75) is 25.1 Å². The Morgan fingerprint density at radius 2 is 2.21 bits per heavy atom. The monoisotopic (exact) mass is 216 g/mol. The van der Waals surface area contributed by atoms with E-state index < -0.39 is 0 Å². The van der Waals surface area contributed by atoms with E-state index in [-0.39, 0.29) is 17.8 Å². The Bertz CT molecular complexity index is 301. The van der Waals surface area contributed by atoms with E-state index in [0.29, 0.717) is 18.4 Å². The summed E-state index contributed by atoms with van der Waals surface area (Å²) in [7, 11) is 0. The number of alkyl halides is 1. The second kappa shape index (κ2) is 5.32. The van der Waals surface area contributed by atoms with Crippen LogP contribution < -0.4 is 0 Å². The molecule has 1 aromatic carbocycles. The molecular formula is C11H14ClFO. The molecule has 0 fully saturated rings. The van der Waals surface area contributed by atoms with Crippen LogP contribution in [0.2, 0.25) is 0 Å². The maximum atomic E-state index is 12.9. The molecule has 1 aromatic rings. The molecule has 0 saturated carbocycles. The molecule has 1 unspecified atom stereocenters. The van der Waals surface area contributed by atoms with Gasteiger partial charge in [0.05, 0.1) is 5.38 Å². The van der Waals surface area contributed by atoms with Crippen LogP contribution in [-0.4, -0.2) is 11.7 Å². The topological polar surface area (TPSA) is 20.2 Å². The lowest BCUT2D eigenvalue weighted by atomic mass is 10.1. The van der Waals surface area contributed by atoms with Crippen molar-refractivity contribution in [3.05, 3.63) is 35.1 Å². The largest absolute Gasteiger partial charge is 0.396 e. The summed E-state index contributed by atoms with van der Waals surface area (Å²) in [6.45, 7) is 1.86. The van der Waals surface area contributed by atoms with E-state index in [2.05, 4.69) is 0 Å². The molecule has 0 aliphatic rings. The van der Waals surface area contributed by atoms with E-state index in [1.54, 1.807) is 19.1 Å². The minimum Gasteiger partial charge on any atom is -0.396 e. The number of halogens is 2. The highest BCUT2D eigenvalue weighted by Crippen LogP contribution is 2.26. The summed E-state index contributed by atoms with van der Waals surface area (Å²) in [5.74, 6) is -0.209. The third kappa shape index (κ3) is 2.96. The van der Waals surface area contributed by atoms with Gasteiger partial charge in [0.25, 0.3) is 0 Å². The van der Waals surface area contributed by atoms with Gasteiger partial charge in [-0.05, 0) is 37.0 Å². The molecule has 1 rings (SSSR count). The first-order valence-corrected chi connectivity index (χ1v) is 5.09. The van der Waals surface area contributed by atoms with E-state index in [1.165, 1.54) is 6.07 Å². The van der Waals surface area contributed by atoms with Crippen molar-refractivity contribution in [1.29, 1.82) is 0 Å². The van der Waals surface area contributed by atoms with Gasteiger partial charge < -0.3 is 5.11 Å². The van der Waals surface area contributed by atoms with Gasteiger partial charge in [0.15, 0.2) is 0 Å². The second-order valence-electron chi connectivity index (χ2n) is 3.34. The fourth-order valence-corrected chi connectivity index (χ4v) is 1.59. The summed E-state index contributed by atoms with van der Waals surface area (Å²) in [5, 5.41) is 8.50. The van der Waals surface area contributed by atoms with Gasteiger partial charge in [0.1, 0.15) is 5.82 Å². The quantitative estimate of drug-likeness (QED) is 0.767. The molecule has 1 N–H and O–H groups in total. The molecule has 0 saturated heterocycles. The number of rotatable bonds is 4. The van der Waals surface area contributed by atoms with Crippen LogP contribution in [0.25, 0.3) is 0 Å². The SMILES string of the molecule is Cc1cc(C(Cl)CCCO)ccc1F. The van der Waals surface area contributed by atoms with Crippen molar-refractivity contribution in [3.63, 3.8) is 0 Å². The van der Waals surface area contributed by atoms with Crippen LogP contribution in [0.3, 0.4) is 0 Å². The van der Waals surface area contributed by atoms with E-state index in [1.807, 2.05) is 0 Å². The van der Waals surface area contributed by atoms with Crippen LogP contribution >= 0.6 is 11.6 Å². The fraction of sp³-hybridized carbons (Fsp3) is 0.455. The lowest BCUT2D eigenvalue weighted by Crippen LogP contribution is -1.94. The highest BCUT2D eigenvalue weighted by molar-refractivity contribution is 6.20. The average molecular weight is 217 g/mol. The van der Waals surface area contributed by atoms with Gasteiger partial charge in [-0.15, -0.1) is 11.6 Å². The summed E-state index contributed by atoms with van der Waals surface area (Å²) in [4.78, 5) is 0. The Labute approximate surface area is 88.5 Å². The summed E-state index contributed by atoms with van der Waals surface area (Å²) < 4.78 is 12.9. The first-order chi connectivity index (χ1) is 6.65. The minimum atomic E-state index is -0.209. The summed E-state index contributed by atoms with van der Waals surface area (Å²) in [5.41, 5.74) is 1.52. The van der Waals surface area contributed by atoms with Crippen LogP contribution in [0.15, 0.2) is 18.2 Å². The number of benzene rings is 1.